The largest absolute Gasteiger partial charge is 0.508 e. The van der Waals surface area contributed by atoms with Gasteiger partial charge in [-0.1, -0.05) is 13.0 Å². The van der Waals surface area contributed by atoms with E-state index in [4.69, 9.17) is 0 Å². The molecule has 2 fully saturated rings. The molecule has 152 valence electrons. The number of carboxylic acid groups (broad SMARTS) is 2. The predicted molar refractivity (Wildman–Crippen MR) is 101 cm³/mol. The highest BCUT2D eigenvalue weighted by atomic mass is 16.4. The monoisotopic (exact) mass is 388 g/mol. The highest BCUT2D eigenvalue weighted by Crippen LogP contribution is 2.66. The number of phenolic OH excluding ortho intramolecular Hbond substituents is 1. The number of fused-ring (bicyclic) bond motifs is 5. The maximum Gasteiger partial charge on any atom is 0.310 e. The molecular weight excluding hydrogens is 360 g/mol. The van der Waals surface area contributed by atoms with Gasteiger partial charge >= 0.3 is 11.9 Å². The molecule has 0 aliphatic heterocycles. The first kappa shape index (κ1) is 19.2. The molecule has 1 aromatic rings. The van der Waals surface area contributed by atoms with E-state index >= 15 is 0 Å². The van der Waals surface area contributed by atoms with Gasteiger partial charge < -0.3 is 20.4 Å². The SMILES string of the molecule is C[C@]12CC[C@@H]3c4ccc(O)cc4CC[C@H]3[C@@H]1CC[C@@]2(O)C(CC(=O)O)C(=O)O. The number of hydrogen-bond acceptors (Lipinski definition) is 4. The summed E-state index contributed by atoms with van der Waals surface area (Å²) in [5.74, 6) is -2.53. The number of aliphatic hydroxyl groups is 1. The first-order chi connectivity index (χ1) is 13.2. The minimum absolute atomic E-state index is 0.175. The van der Waals surface area contributed by atoms with Crippen LogP contribution in [0.1, 0.15) is 62.5 Å². The van der Waals surface area contributed by atoms with Gasteiger partial charge in [-0.3, -0.25) is 9.59 Å². The number of aromatic hydroxyl groups is 1. The number of carboxylic acids is 2. The van der Waals surface area contributed by atoms with Gasteiger partial charge in [0, 0.05) is 5.41 Å². The summed E-state index contributed by atoms with van der Waals surface area (Å²) in [6, 6.07) is 5.58. The van der Waals surface area contributed by atoms with E-state index < -0.39 is 35.3 Å². The van der Waals surface area contributed by atoms with Gasteiger partial charge in [0.2, 0.25) is 0 Å². The van der Waals surface area contributed by atoms with Crippen molar-refractivity contribution in [1.29, 1.82) is 0 Å². The van der Waals surface area contributed by atoms with Crippen molar-refractivity contribution in [1.82, 2.24) is 0 Å². The molecule has 6 atom stereocenters. The topological polar surface area (TPSA) is 115 Å². The fraction of sp³-hybridized carbons (Fsp3) is 0.636. The van der Waals surface area contributed by atoms with Crippen molar-refractivity contribution in [2.75, 3.05) is 0 Å². The van der Waals surface area contributed by atoms with Crippen LogP contribution in [0.3, 0.4) is 0 Å². The Labute approximate surface area is 164 Å². The molecule has 4 rings (SSSR count). The van der Waals surface area contributed by atoms with Gasteiger partial charge in [-0.25, -0.2) is 0 Å². The molecule has 2 saturated carbocycles. The Hall–Kier alpha value is -2.08. The van der Waals surface area contributed by atoms with E-state index in [9.17, 15) is 30.0 Å². The fourth-order valence-electron chi connectivity index (χ4n) is 6.83. The van der Waals surface area contributed by atoms with Gasteiger partial charge in [0.15, 0.2) is 0 Å². The fourth-order valence-corrected chi connectivity index (χ4v) is 6.83. The molecule has 3 aliphatic carbocycles. The second-order valence-corrected chi connectivity index (χ2v) is 9.21. The highest BCUT2D eigenvalue weighted by molar-refractivity contribution is 5.79. The van der Waals surface area contributed by atoms with E-state index in [0.717, 1.165) is 25.7 Å². The minimum atomic E-state index is -1.50. The van der Waals surface area contributed by atoms with Crippen molar-refractivity contribution >= 4 is 11.9 Å². The Bertz CT molecular complexity index is 819. The molecule has 6 nitrogen and oxygen atoms in total. The normalized spacial score (nSPS) is 37.4. The molecule has 1 aromatic carbocycles. The van der Waals surface area contributed by atoms with Crippen LogP contribution in [0.4, 0.5) is 0 Å². The van der Waals surface area contributed by atoms with E-state index in [0.29, 0.717) is 24.7 Å². The first-order valence-electron chi connectivity index (χ1n) is 10.2. The third-order valence-corrected chi connectivity index (χ3v) is 8.18. The zero-order chi connectivity index (χ0) is 20.3. The second kappa shape index (κ2) is 6.48. The highest BCUT2D eigenvalue weighted by Gasteiger charge is 2.65. The molecule has 3 aliphatic rings. The van der Waals surface area contributed by atoms with Crippen molar-refractivity contribution < 1.29 is 30.0 Å². The lowest BCUT2D eigenvalue weighted by atomic mass is 9.51. The zero-order valence-corrected chi connectivity index (χ0v) is 16.1. The van der Waals surface area contributed by atoms with Crippen LogP contribution < -0.4 is 0 Å². The molecule has 0 amide bonds. The van der Waals surface area contributed by atoms with E-state index in [1.54, 1.807) is 6.07 Å². The average molecular weight is 388 g/mol. The number of aryl methyl sites for hydroxylation is 1. The van der Waals surface area contributed by atoms with Gasteiger partial charge in [-0.2, -0.15) is 0 Å². The summed E-state index contributed by atoms with van der Waals surface area (Å²) < 4.78 is 0. The second-order valence-electron chi connectivity index (χ2n) is 9.21. The molecule has 6 heteroatoms. The standard InChI is InChI=1S/C22H28O6/c1-21-8-6-15-14-5-3-13(23)10-12(14)2-4-16(15)17(21)7-9-22(21,28)18(20(26)27)11-19(24)25/h3,5,10,15-18,23,28H,2,4,6-9,11H2,1H3,(H,24,25)(H,26,27)/t15-,16-,17+,18?,21+,22-/m1/s1. The summed E-state index contributed by atoms with van der Waals surface area (Å²) in [5.41, 5.74) is 0.364. The van der Waals surface area contributed by atoms with E-state index in [1.807, 2.05) is 19.1 Å². The third-order valence-electron chi connectivity index (χ3n) is 8.18. The Balaban J connectivity index is 1.68. The molecule has 4 N–H and O–H groups in total. The van der Waals surface area contributed by atoms with Gasteiger partial charge in [0.25, 0.3) is 0 Å². The third kappa shape index (κ3) is 2.65. The number of aliphatic carboxylic acids is 2. The molecule has 0 saturated heterocycles. The maximum atomic E-state index is 11.9. The summed E-state index contributed by atoms with van der Waals surface area (Å²) in [5, 5.41) is 40.3. The van der Waals surface area contributed by atoms with Crippen LogP contribution in [0, 0.1) is 23.2 Å². The quantitative estimate of drug-likeness (QED) is 0.630. The maximum absolute atomic E-state index is 11.9. The summed E-state index contributed by atoms with van der Waals surface area (Å²) in [7, 11) is 0. The molecular formula is C22H28O6. The summed E-state index contributed by atoms with van der Waals surface area (Å²) in [6.45, 7) is 1.98. The van der Waals surface area contributed by atoms with E-state index in [2.05, 4.69) is 0 Å². The summed E-state index contributed by atoms with van der Waals surface area (Å²) >= 11 is 0. The molecule has 0 aromatic heterocycles. The summed E-state index contributed by atoms with van der Waals surface area (Å²) in [6.07, 6.45) is 3.86. The van der Waals surface area contributed by atoms with Crippen molar-refractivity contribution in [2.24, 2.45) is 23.2 Å². The minimum Gasteiger partial charge on any atom is -0.508 e. The number of benzene rings is 1. The lowest BCUT2D eigenvalue weighted by Crippen LogP contribution is -2.56. The molecule has 0 bridgehead atoms. The molecule has 0 radical (unpaired) electrons. The Morgan fingerprint density at radius 2 is 1.93 bits per heavy atom. The van der Waals surface area contributed by atoms with Crippen LogP contribution >= 0.6 is 0 Å². The zero-order valence-electron chi connectivity index (χ0n) is 16.1. The van der Waals surface area contributed by atoms with E-state index in [-0.39, 0.29) is 11.7 Å². The van der Waals surface area contributed by atoms with Gasteiger partial charge in [-0.05, 0) is 79.5 Å². The van der Waals surface area contributed by atoms with Crippen molar-refractivity contribution in [2.45, 2.75) is 63.4 Å². The van der Waals surface area contributed by atoms with E-state index in [1.165, 1.54) is 11.1 Å². The van der Waals surface area contributed by atoms with Crippen LogP contribution in [0.15, 0.2) is 18.2 Å². The Morgan fingerprint density at radius 3 is 2.61 bits per heavy atom. The molecule has 28 heavy (non-hydrogen) atoms. The van der Waals surface area contributed by atoms with Crippen LogP contribution in [-0.4, -0.2) is 38.0 Å². The lowest BCUT2D eigenvalue weighted by Gasteiger charge is -2.54. The van der Waals surface area contributed by atoms with Gasteiger partial charge in [0.1, 0.15) is 5.75 Å². The van der Waals surface area contributed by atoms with Crippen molar-refractivity contribution in [3.05, 3.63) is 29.3 Å². The molecule has 1 unspecified atom stereocenters. The van der Waals surface area contributed by atoms with Crippen LogP contribution in [0.5, 0.6) is 5.75 Å². The van der Waals surface area contributed by atoms with Crippen LogP contribution in [-0.2, 0) is 16.0 Å². The Kier molecular flexibility index (Phi) is 4.45. The molecule has 0 spiro atoms. The van der Waals surface area contributed by atoms with Gasteiger partial charge in [-0.15, -0.1) is 0 Å². The number of hydrogen-bond donors (Lipinski definition) is 4. The Morgan fingerprint density at radius 1 is 1.18 bits per heavy atom. The number of carbonyl (C=O) groups is 2. The first-order valence-corrected chi connectivity index (χ1v) is 10.2. The number of phenols is 1. The van der Waals surface area contributed by atoms with Gasteiger partial charge in [0.05, 0.1) is 17.9 Å². The smallest absolute Gasteiger partial charge is 0.310 e. The number of rotatable bonds is 4. The van der Waals surface area contributed by atoms with Crippen molar-refractivity contribution in [3.63, 3.8) is 0 Å². The van der Waals surface area contributed by atoms with Crippen LogP contribution in [0.2, 0.25) is 0 Å². The predicted octanol–water partition coefficient (Wildman–Crippen LogP) is 3.15. The van der Waals surface area contributed by atoms with Crippen molar-refractivity contribution in [3.8, 4) is 5.75 Å². The molecule has 0 heterocycles. The average Bonchev–Trinajstić information content (AvgIpc) is 2.91. The lowest BCUT2D eigenvalue weighted by molar-refractivity contribution is -0.177. The van der Waals surface area contributed by atoms with Crippen LogP contribution in [0.25, 0.3) is 0 Å². The summed E-state index contributed by atoms with van der Waals surface area (Å²) in [4.78, 5) is 23.2.